The minimum Gasteiger partial charge on any atom is -0.492 e. The van der Waals surface area contributed by atoms with Crippen LogP contribution >= 0.6 is 0 Å². The van der Waals surface area contributed by atoms with E-state index in [1.165, 1.54) is 7.11 Å². The third kappa shape index (κ3) is 5.89. The average Bonchev–Trinajstić information content (AvgIpc) is 3.11. The predicted molar refractivity (Wildman–Crippen MR) is 121 cm³/mol. The second kappa shape index (κ2) is 11.2. The number of carbonyl (C=O) groups excluding carboxylic acids is 2. The molecule has 0 atom stereocenters. The summed E-state index contributed by atoms with van der Waals surface area (Å²) in [5.74, 6) is 0.0461. The molecule has 32 heavy (non-hydrogen) atoms. The lowest BCUT2D eigenvalue weighted by atomic mass is 10.1. The van der Waals surface area contributed by atoms with E-state index in [0.717, 1.165) is 43.9 Å². The smallest absolute Gasteiger partial charge is 0.339 e. The van der Waals surface area contributed by atoms with E-state index in [9.17, 15) is 9.59 Å². The second-order valence-corrected chi connectivity index (χ2v) is 8.12. The van der Waals surface area contributed by atoms with Crippen molar-refractivity contribution in [3.63, 3.8) is 0 Å². The van der Waals surface area contributed by atoms with Crippen LogP contribution in [0.25, 0.3) is 0 Å². The minimum atomic E-state index is -0.456. The number of aromatic nitrogens is 1. The van der Waals surface area contributed by atoms with Gasteiger partial charge in [0.05, 0.1) is 12.7 Å². The Morgan fingerprint density at radius 1 is 1.25 bits per heavy atom. The molecule has 8 heteroatoms. The summed E-state index contributed by atoms with van der Waals surface area (Å²) >= 11 is 0. The topological polar surface area (TPSA) is 92.9 Å². The Balaban J connectivity index is 1.51. The summed E-state index contributed by atoms with van der Waals surface area (Å²) in [5.41, 5.74) is 2.89. The fraction of sp³-hybridized carbons (Fsp3) is 0.500. The summed E-state index contributed by atoms with van der Waals surface area (Å²) in [6.07, 6.45) is 2.12. The molecule has 2 N–H and O–H groups in total. The molecule has 2 heterocycles. The molecule has 1 aliphatic rings. The first-order valence-corrected chi connectivity index (χ1v) is 11.0. The van der Waals surface area contributed by atoms with Crippen molar-refractivity contribution in [2.75, 3.05) is 40.5 Å². The van der Waals surface area contributed by atoms with Gasteiger partial charge in [0.15, 0.2) is 0 Å². The third-order valence-electron chi connectivity index (χ3n) is 5.93. The van der Waals surface area contributed by atoms with Crippen molar-refractivity contribution in [2.24, 2.45) is 0 Å². The number of likely N-dealkylation sites (N-methyl/N-ethyl adjacent to an activating group) is 1. The molecule has 0 aliphatic carbocycles. The molecule has 1 amide bonds. The Kier molecular flexibility index (Phi) is 8.30. The number of methoxy groups -OCH3 is 1. The predicted octanol–water partition coefficient (Wildman–Crippen LogP) is 2.84. The van der Waals surface area contributed by atoms with Gasteiger partial charge in [-0.05, 0) is 57.0 Å². The number of aromatic amines is 1. The summed E-state index contributed by atoms with van der Waals surface area (Å²) in [7, 11) is 3.45. The lowest BCUT2D eigenvalue weighted by Gasteiger charge is -2.31. The number of amides is 1. The summed E-state index contributed by atoms with van der Waals surface area (Å²) < 4.78 is 16.2. The number of hydrogen-bond acceptors (Lipinski definition) is 6. The average molecular weight is 444 g/mol. The van der Waals surface area contributed by atoms with Gasteiger partial charge >= 0.3 is 5.97 Å². The van der Waals surface area contributed by atoms with Crippen LogP contribution in [0, 0.1) is 13.8 Å². The van der Waals surface area contributed by atoms with Gasteiger partial charge in [0.2, 0.25) is 0 Å². The largest absolute Gasteiger partial charge is 0.492 e. The zero-order chi connectivity index (χ0) is 23.1. The third-order valence-corrected chi connectivity index (χ3v) is 5.93. The van der Waals surface area contributed by atoms with Crippen LogP contribution in [0.2, 0.25) is 0 Å². The Morgan fingerprint density at radius 2 is 2.00 bits per heavy atom. The van der Waals surface area contributed by atoms with E-state index >= 15 is 0 Å². The van der Waals surface area contributed by atoms with Crippen LogP contribution in [-0.4, -0.2) is 68.3 Å². The standard InChI is InChI=1S/C24H33N3O5/c1-16-21(24(29)30-4)17(2)26-22(16)23(28)25-15-18-6-5-7-20(14-18)32-13-10-27(3)19-8-11-31-12-9-19/h5-7,14,19,26H,8-13,15H2,1-4H3,(H,25,28). The van der Waals surface area contributed by atoms with Crippen LogP contribution in [0.5, 0.6) is 5.75 Å². The maximum absolute atomic E-state index is 12.7. The molecule has 1 fully saturated rings. The number of ether oxygens (including phenoxy) is 3. The highest BCUT2D eigenvalue weighted by molar-refractivity contribution is 6.00. The molecule has 1 aliphatic heterocycles. The highest BCUT2D eigenvalue weighted by atomic mass is 16.5. The van der Waals surface area contributed by atoms with E-state index in [2.05, 4.69) is 22.2 Å². The second-order valence-electron chi connectivity index (χ2n) is 8.12. The van der Waals surface area contributed by atoms with Gasteiger partial charge in [-0.2, -0.15) is 0 Å². The van der Waals surface area contributed by atoms with Crippen molar-refractivity contribution in [3.05, 3.63) is 52.3 Å². The van der Waals surface area contributed by atoms with Gasteiger partial charge in [-0.15, -0.1) is 0 Å². The number of nitrogens with zero attached hydrogens (tertiary/aromatic N) is 1. The van der Waals surface area contributed by atoms with Crippen LogP contribution in [0.1, 0.15) is 50.5 Å². The molecule has 174 valence electrons. The van der Waals surface area contributed by atoms with Gasteiger partial charge in [-0.3, -0.25) is 9.69 Å². The summed E-state index contributed by atoms with van der Waals surface area (Å²) in [6, 6.07) is 8.25. The molecule has 1 aromatic carbocycles. The molecule has 3 rings (SSSR count). The van der Waals surface area contributed by atoms with Crippen molar-refractivity contribution in [1.82, 2.24) is 15.2 Å². The maximum Gasteiger partial charge on any atom is 0.339 e. The Hall–Kier alpha value is -2.84. The molecule has 2 aromatic rings. The molecule has 0 bridgehead atoms. The molecule has 1 aromatic heterocycles. The molecule has 8 nitrogen and oxygen atoms in total. The van der Waals surface area contributed by atoms with E-state index in [0.29, 0.717) is 41.7 Å². The van der Waals surface area contributed by atoms with E-state index < -0.39 is 5.97 Å². The molecule has 0 radical (unpaired) electrons. The van der Waals surface area contributed by atoms with Crippen LogP contribution < -0.4 is 10.1 Å². The monoisotopic (exact) mass is 443 g/mol. The van der Waals surface area contributed by atoms with Crippen molar-refractivity contribution in [1.29, 1.82) is 0 Å². The number of esters is 1. The first kappa shape index (κ1) is 23.8. The van der Waals surface area contributed by atoms with E-state index in [-0.39, 0.29) is 5.91 Å². The number of nitrogens with one attached hydrogen (secondary N) is 2. The number of aryl methyl sites for hydroxylation is 1. The van der Waals surface area contributed by atoms with E-state index in [4.69, 9.17) is 14.2 Å². The van der Waals surface area contributed by atoms with Crippen molar-refractivity contribution in [2.45, 2.75) is 39.3 Å². The zero-order valence-electron chi connectivity index (χ0n) is 19.3. The van der Waals surface area contributed by atoms with E-state index in [1.54, 1.807) is 13.8 Å². The van der Waals surface area contributed by atoms with Gasteiger partial charge in [-0.1, -0.05) is 12.1 Å². The Labute approximate surface area is 189 Å². The Morgan fingerprint density at radius 3 is 2.72 bits per heavy atom. The van der Waals surface area contributed by atoms with Gasteiger partial charge in [-0.25, -0.2) is 4.79 Å². The lowest BCUT2D eigenvalue weighted by Crippen LogP contribution is -2.38. The molecular weight excluding hydrogens is 410 g/mol. The molecule has 0 spiro atoms. The minimum absolute atomic E-state index is 0.273. The number of carbonyl (C=O) groups is 2. The number of rotatable bonds is 9. The fourth-order valence-corrected chi connectivity index (χ4v) is 4.02. The van der Waals surface area contributed by atoms with Gasteiger partial charge in [0.25, 0.3) is 5.91 Å². The van der Waals surface area contributed by atoms with Gasteiger partial charge in [0.1, 0.15) is 18.1 Å². The maximum atomic E-state index is 12.7. The van der Waals surface area contributed by atoms with Crippen molar-refractivity contribution < 1.29 is 23.8 Å². The van der Waals surface area contributed by atoms with Crippen LogP contribution in [-0.2, 0) is 16.0 Å². The summed E-state index contributed by atoms with van der Waals surface area (Å²) in [6.45, 7) is 6.93. The SMILES string of the molecule is COC(=O)c1c(C)[nH]c(C(=O)NCc2cccc(OCCN(C)C3CCOCC3)c2)c1C. The van der Waals surface area contributed by atoms with Gasteiger partial charge in [0, 0.05) is 38.0 Å². The zero-order valence-corrected chi connectivity index (χ0v) is 19.3. The normalized spacial score (nSPS) is 14.4. The van der Waals surface area contributed by atoms with Crippen molar-refractivity contribution in [3.8, 4) is 5.75 Å². The number of H-pyrrole nitrogens is 1. The first-order chi connectivity index (χ1) is 15.4. The van der Waals surface area contributed by atoms with Crippen LogP contribution in [0.3, 0.4) is 0 Å². The van der Waals surface area contributed by atoms with Crippen LogP contribution in [0.15, 0.2) is 24.3 Å². The van der Waals surface area contributed by atoms with Crippen molar-refractivity contribution >= 4 is 11.9 Å². The molecule has 0 saturated carbocycles. The molecule has 1 saturated heterocycles. The summed E-state index contributed by atoms with van der Waals surface area (Å²) in [5, 5.41) is 2.90. The quantitative estimate of drug-likeness (QED) is 0.579. The van der Waals surface area contributed by atoms with Crippen LogP contribution in [0.4, 0.5) is 0 Å². The number of benzene rings is 1. The first-order valence-electron chi connectivity index (χ1n) is 11.0. The highest BCUT2D eigenvalue weighted by Crippen LogP contribution is 2.19. The van der Waals surface area contributed by atoms with Gasteiger partial charge < -0.3 is 24.5 Å². The van der Waals surface area contributed by atoms with E-state index in [1.807, 2.05) is 24.3 Å². The summed E-state index contributed by atoms with van der Waals surface area (Å²) in [4.78, 5) is 29.9. The highest BCUT2D eigenvalue weighted by Gasteiger charge is 2.22. The molecule has 0 unspecified atom stereocenters. The fourth-order valence-electron chi connectivity index (χ4n) is 4.02. The Bertz CT molecular complexity index is 934. The number of hydrogen-bond donors (Lipinski definition) is 2. The lowest BCUT2D eigenvalue weighted by molar-refractivity contribution is 0.0392. The molecular formula is C24H33N3O5.